The molecule has 0 aliphatic carbocycles. The number of carboxylic acid groups (broad SMARTS) is 1. The SMILES string of the molecule is C[C@H](O[Si](C)(C)C)[C@@H]1C(=O)N2C(C(=O)O)=C(S/C=C/CO)C[C@H]12. The van der Waals surface area contributed by atoms with Crippen molar-refractivity contribution in [1.29, 1.82) is 0 Å². The standard InChI is InChI=1S/C15H23NO5SSi/c1-9(21-23(2,3)4)12-10-8-11(22-7-5-6-17)13(15(19)20)16(10)14(12)18/h5,7,9-10,12,17H,6,8H2,1-4H3,(H,19,20)/b7-5+/t9-,10+,12-/m0/s1. The van der Waals surface area contributed by atoms with E-state index in [0.29, 0.717) is 11.3 Å². The molecule has 23 heavy (non-hydrogen) atoms. The zero-order chi connectivity index (χ0) is 17.4. The van der Waals surface area contributed by atoms with Crippen molar-refractivity contribution in [3.63, 3.8) is 0 Å². The maximum absolute atomic E-state index is 12.5. The number of β-lactam (4-membered cyclic amide) rings is 1. The fourth-order valence-corrected chi connectivity index (χ4v) is 5.30. The summed E-state index contributed by atoms with van der Waals surface area (Å²) in [5.74, 6) is -1.53. The van der Waals surface area contributed by atoms with Gasteiger partial charge in [-0.3, -0.25) is 4.79 Å². The molecule has 0 bridgehead atoms. The van der Waals surface area contributed by atoms with Gasteiger partial charge in [-0.15, -0.1) is 11.8 Å². The monoisotopic (exact) mass is 357 g/mol. The number of fused-ring (bicyclic) bond motifs is 1. The molecule has 8 heteroatoms. The number of aliphatic hydroxyl groups excluding tert-OH is 1. The number of carbonyl (C=O) groups excluding carboxylic acids is 1. The molecule has 0 saturated carbocycles. The third kappa shape index (κ3) is 3.71. The van der Waals surface area contributed by atoms with Crippen molar-refractivity contribution < 1.29 is 24.2 Å². The number of carbonyl (C=O) groups is 2. The van der Waals surface area contributed by atoms with Crippen LogP contribution < -0.4 is 0 Å². The van der Waals surface area contributed by atoms with E-state index in [9.17, 15) is 14.7 Å². The predicted molar refractivity (Wildman–Crippen MR) is 91.1 cm³/mol. The summed E-state index contributed by atoms with van der Waals surface area (Å²) < 4.78 is 6.02. The Morgan fingerprint density at radius 2 is 2.17 bits per heavy atom. The molecule has 2 aliphatic rings. The topological polar surface area (TPSA) is 87.1 Å². The maximum atomic E-state index is 12.5. The smallest absolute Gasteiger partial charge is 0.353 e. The summed E-state index contributed by atoms with van der Waals surface area (Å²) in [6.07, 6.45) is 1.86. The summed E-state index contributed by atoms with van der Waals surface area (Å²) in [5.41, 5.74) is 0.0732. The van der Waals surface area contributed by atoms with E-state index in [1.165, 1.54) is 16.7 Å². The zero-order valence-corrected chi connectivity index (χ0v) is 15.6. The second-order valence-corrected chi connectivity index (χ2v) is 12.2. The molecular weight excluding hydrogens is 334 g/mol. The fraction of sp³-hybridized carbons (Fsp3) is 0.600. The Balaban J connectivity index is 2.15. The van der Waals surface area contributed by atoms with Crippen molar-refractivity contribution in [2.24, 2.45) is 5.92 Å². The first-order valence-electron chi connectivity index (χ1n) is 7.57. The number of rotatable bonds is 7. The molecule has 3 atom stereocenters. The number of carboxylic acids is 1. The van der Waals surface area contributed by atoms with Crippen LogP contribution in [0.4, 0.5) is 0 Å². The van der Waals surface area contributed by atoms with Crippen molar-refractivity contribution in [2.45, 2.75) is 45.1 Å². The molecule has 1 fully saturated rings. The van der Waals surface area contributed by atoms with Crippen molar-refractivity contribution in [1.82, 2.24) is 4.90 Å². The lowest BCUT2D eigenvalue weighted by Gasteiger charge is -2.46. The molecule has 1 saturated heterocycles. The van der Waals surface area contributed by atoms with Crippen LogP contribution in [0.5, 0.6) is 0 Å². The lowest BCUT2D eigenvalue weighted by Crippen LogP contribution is -2.63. The summed E-state index contributed by atoms with van der Waals surface area (Å²) in [5, 5.41) is 19.9. The molecule has 0 aromatic heterocycles. The van der Waals surface area contributed by atoms with Crippen LogP contribution >= 0.6 is 11.8 Å². The van der Waals surface area contributed by atoms with Crippen LogP contribution in [-0.2, 0) is 14.0 Å². The Kier molecular flexibility index (Phi) is 5.39. The normalized spacial score (nSPS) is 25.8. The molecule has 2 heterocycles. The van der Waals surface area contributed by atoms with E-state index in [1.807, 2.05) is 6.92 Å². The first-order valence-corrected chi connectivity index (χ1v) is 11.9. The van der Waals surface area contributed by atoms with Crippen molar-refractivity contribution in [2.75, 3.05) is 6.61 Å². The molecule has 2 aliphatic heterocycles. The summed E-state index contributed by atoms with van der Waals surface area (Å²) in [7, 11) is -1.77. The average molecular weight is 358 g/mol. The van der Waals surface area contributed by atoms with Crippen LogP contribution in [0.15, 0.2) is 22.1 Å². The zero-order valence-electron chi connectivity index (χ0n) is 13.8. The summed E-state index contributed by atoms with van der Waals surface area (Å²) >= 11 is 1.25. The van der Waals surface area contributed by atoms with Crippen LogP contribution in [0.2, 0.25) is 19.6 Å². The second kappa shape index (κ2) is 6.80. The highest BCUT2D eigenvalue weighted by Gasteiger charge is 2.57. The molecule has 0 unspecified atom stereocenters. The summed E-state index contributed by atoms with van der Waals surface area (Å²) in [6.45, 7) is 8.01. The van der Waals surface area contributed by atoms with Crippen molar-refractivity contribution in [3.05, 3.63) is 22.1 Å². The number of hydrogen-bond donors (Lipinski definition) is 2. The number of hydrogen-bond acceptors (Lipinski definition) is 5. The Labute approximate surface area is 141 Å². The molecule has 128 valence electrons. The van der Waals surface area contributed by atoms with Gasteiger partial charge in [0.25, 0.3) is 0 Å². The molecule has 2 rings (SSSR count). The minimum Gasteiger partial charge on any atom is -0.477 e. The van der Waals surface area contributed by atoms with Crippen LogP contribution in [0, 0.1) is 5.92 Å². The minimum absolute atomic E-state index is 0.0732. The first kappa shape index (κ1) is 18.2. The molecule has 2 N–H and O–H groups in total. The lowest BCUT2D eigenvalue weighted by molar-refractivity contribution is -0.160. The van der Waals surface area contributed by atoms with Gasteiger partial charge in [0.05, 0.1) is 24.7 Å². The minimum atomic E-state index is -1.77. The van der Waals surface area contributed by atoms with E-state index in [4.69, 9.17) is 9.53 Å². The third-order valence-electron chi connectivity index (χ3n) is 3.83. The van der Waals surface area contributed by atoms with Crippen molar-refractivity contribution in [3.8, 4) is 0 Å². The van der Waals surface area contributed by atoms with Gasteiger partial charge in [-0.1, -0.05) is 6.08 Å². The van der Waals surface area contributed by atoms with E-state index >= 15 is 0 Å². The van der Waals surface area contributed by atoms with Gasteiger partial charge >= 0.3 is 5.97 Å². The molecule has 1 amide bonds. The molecule has 0 aromatic carbocycles. The maximum Gasteiger partial charge on any atom is 0.353 e. The number of aliphatic hydroxyl groups is 1. The molecular formula is C15H23NO5SSi. The molecule has 6 nitrogen and oxygen atoms in total. The van der Waals surface area contributed by atoms with Gasteiger partial charge in [-0.25, -0.2) is 4.79 Å². The van der Waals surface area contributed by atoms with Gasteiger partial charge in [0, 0.05) is 11.3 Å². The highest BCUT2D eigenvalue weighted by molar-refractivity contribution is 8.05. The Bertz CT molecular complexity index is 569. The molecule has 0 aromatic rings. The third-order valence-corrected chi connectivity index (χ3v) is 5.88. The van der Waals surface area contributed by atoms with E-state index in [1.54, 1.807) is 11.5 Å². The van der Waals surface area contributed by atoms with Gasteiger partial charge in [-0.05, 0) is 32.0 Å². The number of nitrogens with zero attached hydrogens (tertiary/aromatic N) is 1. The largest absolute Gasteiger partial charge is 0.477 e. The lowest BCUT2D eigenvalue weighted by atomic mass is 9.83. The fourth-order valence-electron chi connectivity index (χ4n) is 3.13. The summed E-state index contributed by atoms with van der Waals surface area (Å²) in [6, 6.07) is -0.134. The van der Waals surface area contributed by atoms with E-state index in [-0.39, 0.29) is 36.3 Å². The summed E-state index contributed by atoms with van der Waals surface area (Å²) in [4.78, 5) is 26.0. The van der Waals surface area contributed by atoms with Crippen LogP contribution in [0.25, 0.3) is 0 Å². The Morgan fingerprint density at radius 1 is 1.52 bits per heavy atom. The Hall–Kier alpha value is -1.09. The highest BCUT2D eigenvalue weighted by atomic mass is 32.2. The van der Waals surface area contributed by atoms with Crippen LogP contribution in [0.3, 0.4) is 0 Å². The molecule has 0 spiro atoms. The van der Waals surface area contributed by atoms with Crippen molar-refractivity contribution >= 4 is 32.0 Å². The van der Waals surface area contributed by atoms with Gasteiger partial charge < -0.3 is 19.5 Å². The Morgan fingerprint density at radius 3 is 2.70 bits per heavy atom. The molecule has 0 radical (unpaired) electrons. The van der Waals surface area contributed by atoms with Gasteiger partial charge in [0.2, 0.25) is 5.91 Å². The van der Waals surface area contributed by atoms with Gasteiger partial charge in [-0.2, -0.15) is 0 Å². The van der Waals surface area contributed by atoms with Gasteiger partial charge in [0.1, 0.15) is 5.70 Å². The van der Waals surface area contributed by atoms with Gasteiger partial charge in [0.15, 0.2) is 8.32 Å². The number of amides is 1. The van der Waals surface area contributed by atoms with Crippen LogP contribution in [0.1, 0.15) is 13.3 Å². The second-order valence-electron chi connectivity index (χ2n) is 6.69. The average Bonchev–Trinajstić information content (AvgIpc) is 2.71. The highest BCUT2D eigenvalue weighted by Crippen LogP contribution is 2.47. The first-order chi connectivity index (χ1) is 10.7. The predicted octanol–water partition coefficient (Wildman–Crippen LogP) is 1.99. The van der Waals surface area contributed by atoms with E-state index < -0.39 is 14.3 Å². The van der Waals surface area contributed by atoms with E-state index in [0.717, 1.165) is 0 Å². The van der Waals surface area contributed by atoms with Crippen LogP contribution in [-0.4, -0.2) is 54.1 Å². The number of aliphatic carboxylic acids is 1. The number of thioether (sulfide) groups is 1. The quantitative estimate of drug-likeness (QED) is 0.535. The van der Waals surface area contributed by atoms with E-state index in [2.05, 4.69) is 19.6 Å².